The SMILES string of the molecule is Cc1nc(OCCNC(=O)COc2ccc(Cl)c(C)c2)cc(N2CCOCC2)n1. The number of hydrogen-bond donors (Lipinski definition) is 1. The highest BCUT2D eigenvalue weighted by Gasteiger charge is 2.14. The van der Waals surface area contributed by atoms with Crippen molar-refractivity contribution in [3.63, 3.8) is 0 Å². The van der Waals surface area contributed by atoms with Crippen LogP contribution < -0.4 is 19.7 Å². The number of amides is 1. The number of benzene rings is 1. The normalized spacial score (nSPS) is 13.8. The Bertz CT molecular complexity index is 843. The van der Waals surface area contributed by atoms with Crippen molar-refractivity contribution in [2.45, 2.75) is 13.8 Å². The Kier molecular flexibility index (Phi) is 7.48. The van der Waals surface area contributed by atoms with E-state index in [2.05, 4.69) is 20.2 Å². The predicted octanol–water partition coefficient (Wildman–Crippen LogP) is 2.16. The maximum atomic E-state index is 11.9. The molecule has 0 atom stereocenters. The number of rotatable bonds is 8. The molecule has 0 bridgehead atoms. The molecule has 29 heavy (non-hydrogen) atoms. The molecule has 0 saturated carbocycles. The third-order valence-electron chi connectivity index (χ3n) is 4.31. The summed E-state index contributed by atoms with van der Waals surface area (Å²) in [5.74, 6) is 2.33. The third kappa shape index (κ3) is 6.47. The van der Waals surface area contributed by atoms with E-state index in [0.29, 0.717) is 48.8 Å². The van der Waals surface area contributed by atoms with Crippen molar-refractivity contribution in [2.75, 3.05) is 51.0 Å². The molecular formula is C20H25ClN4O4. The van der Waals surface area contributed by atoms with Crippen LogP contribution in [0.3, 0.4) is 0 Å². The Morgan fingerprint density at radius 2 is 2.00 bits per heavy atom. The van der Waals surface area contributed by atoms with Crippen LogP contribution in [0.5, 0.6) is 11.6 Å². The molecule has 3 rings (SSSR count). The lowest BCUT2D eigenvalue weighted by molar-refractivity contribution is -0.123. The molecule has 0 radical (unpaired) electrons. The first-order valence-corrected chi connectivity index (χ1v) is 9.86. The van der Waals surface area contributed by atoms with Crippen LogP contribution in [-0.4, -0.2) is 61.9 Å². The molecule has 0 aliphatic carbocycles. The van der Waals surface area contributed by atoms with E-state index in [4.69, 9.17) is 25.8 Å². The van der Waals surface area contributed by atoms with Crippen LogP contribution in [0.2, 0.25) is 5.02 Å². The van der Waals surface area contributed by atoms with E-state index in [9.17, 15) is 4.79 Å². The summed E-state index contributed by atoms with van der Waals surface area (Å²) in [6.45, 7) is 7.22. The second-order valence-electron chi connectivity index (χ2n) is 6.61. The number of halogens is 1. The number of aryl methyl sites for hydroxylation is 2. The van der Waals surface area contributed by atoms with Crippen molar-refractivity contribution in [1.82, 2.24) is 15.3 Å². The first kappa shape index (κ1) is 21.1. The fourth-order valence-electron chi connectivity index (χ4n) is 2.81. The van der Waals surface area contributed by atoms with Gasteiger partial charge in [0, 0.05) is 24.2 Å². The number of hydrogen-bond acceptors (Lipinski definition) is 7. The lowest BCUT2D eigenvalue weighted by Gasteiger charge is -2.28. The Hall–Kier alpha value is -2.58. The van der Waals surface area contributed by atoms with Gasteiger partial charge in [0.1, 0.15) is 24.0 Å². The third-order valence-corrected chi connectivity index (χ3v) is 4.73. The van der Waals surface area contributed by atoms with Gasteiger partial charge in [0.25, 0.3) is 5.91 Å². The Morgan fingerprint density at radius 3 is 2.76 bits per heavy atom. The molecule has 2 heterocycles. The Labute approximate surface area is 175 Å². The van der Waals surface area contributed by atoms with Crippen LogP contribution >= 0.6 is 11.6 Å². The fraction of sp³-hybridized carbons (Fsp3) is 0.450. The summed E-state index contributed by atoms with van der Waals surface area (Å²) in [6.07, 6.45) is 0. The van der Waals surface area contributed by atoms with Gasteiger partial charge in [-0.25, -0.2) is 4.98 Å². The van der Waals surface area contributed by atoms with Gasteiger partial charge in [0.05, 0.1) is 19.8 Å². The van der Waals surface area contributed by atoms with E-state index >= 15 is 0 Å². The van der Waals surface area contributed by atoms with Crippen molar-refractivity contribution >= 4 is 23.3 Å². The fourth-order valence-corrected chi connectivity index (χ4v) is 2.92. The molecule has 1 amide bonds. The van der Waals surface area contributed by atoms with Crippen LogP contribution in [-0.2, 0) is 9.53 Å². The van der Waals surface area contributed by atoms with E-state index in [1.54, 1.807) is 18.2 Å². The lowest BCUT2D eigenvalue weighted by atomic mass is 10.2. The summed E-state index contributed by atoms with van der Waals surface area (Å²) in [7, 11) is 0. The first-order valence-electron chi connectivity index (χ1n) is 9.48. The van der Waals surface area contributed by atoms with Crippen molar-refractivity contribution < 1.29 is 19.0 Å². The maximum absolute atomic E-state index is 11.9. The molecule has 9 heteroatoms. The summed E-state index contributed by atoms with van der Waals surface area (Å²) in [5.41, 5.74) is 0.898. The van der Waals surface area contributed by atoms with E-state index in [0.717, 1.165) is 24.5 Å². The minimum atomic E-state index is -0.228. The zero-order chi connectivity index (χ0) is 20.6. The van der Waals surface area contributed by atoms with Crippen LogP contribution in [0.1, 0.15) is 11.4 Å². The largest absolute Gasteiger partial charge is 0.484 e. The molecule has 1 aliphatic heterocycles. The average molecular weight is 421 g/mol. The molecule has 0 spiro atoms. The number of nitrogens with one attached hydrogen (secondary N) is 1. The summed E-state index contributed by atoms with van der Waals surface area (Å²) >= 11 is 5.98. The van der Waals surface area contributed by atoms with Crippen molar-refractivity contribution in [3.05, 3.63) is 40.7 Å². The highest BCUT2D eigenvalue weighted by Crippen LogP contribution is 2.21. The highest BCUT2D eigenvalue weighted by atomic mass is 35.5. The number of anilines is 1. The van der Waals surface area contributed by atoms with E-state index in [1.807, 2.05) is 19.9 Å². The number of nitrogens with zero attached hydrogens (tertiary/aromatic N) is 3. The Morgan fingerprint density at radius 1 is 1.21 bits per heavy atom. The minimum absolute atomic E-state index is 0.0745. The molecule has 1 fully saturated rings. The molecule has 0 unspecified atom stereocenters. The molecule has 1 aromatic carbocycles. The van der Waals surface area contributed by atoms with Gasteiger partial charge >= 0.3 is 0 Å². The first-order chi connectivity index (χ1) is 14.0. The number of aromatic nitrogens is 2. The van der Waals surface area contributed by atoms with Crippen LogP contribution in [0.15, 0.2) is 24.3 Å². The topological polar surface area (TPSA) is 85.8 Å². The smallest absolute Gasteiger partial charge is 0.258 e. The van der Waals surface area contributed by atoms with Gasteiger partial charge in [-0.15, -0.1) is 0 Å². The summed E-state index contributed by atoms with van der Waals surface area (Å²) in [6, 6.07) is 7.08. The Balaban J connectivity index is 1.41. The second-order valence-corrected chi connectivity index (χ2v) is 7.02. The van der Waals surface area contributed by atoms with Gasteiger partial charge < -0.3 is 24.4 Å². The monoisotopic (exact) mass is 420 g/mol. The highest BCUT2D eigenvalue weighted by molar-refractivity contribution is 6.31. The molecule has 1 aromatic heterocycles. The zero-order valence-electron chi connectivity index (χ0n) is 16.6. The van der Waals surface area contributed by atoms with E-state index in [-0.39, 0.29) is 12.5 Å². The minimum Gasteiger partial charge on any atom is -0.484 e. The number of carbonyl (C=O) groups is 1. The molecule has 8 nitrogen and oxygen atoms in total. The quantitative estimate of drug-likeness (QED) is 0.655. The van der Waals surface area contributed by atoms with Gasteiger partial charge in [0.2, 0.25) is 5.88 Å². The summed E-state index contributed by atoms with van der Waals surface area (Å²) in [4.78, 5) is 22.8. The summed E-state index contributed by atoms with van der Waals surface area (Å²) < 4.78 is 16.5. The van der Waals surface area contributed by atoms with Crippen LogP contribution in [0.25, 0.3) is 0 Å². The van der Waals surface area contributed by atoms with Crippen LogP contribution in [0, 0.1) is 13.8 Å². The molecule has 1 aliphatic rings. The molecule has 2 aromatic rings. The number of morpholine rings is 1. The van der Waals surface area contributed by atoms with Gasteiger partial charge in [-0.2, -0.15) is 4.98 Å². The van der Waals surface area contributed by atoms with E-state index in [1.165, 1.54) is 0 Å². The molecule has 156 valence electrons. The van der Waals surface area contributed by atoms with Crippen LogP contribution in [0.4, 0.5) is 5.82 Å². The van der Waals surface area contributed by atoms with Gasteiger partial charge in [-0.1, -0.05) is 11.6 Å². The zero-order valence-corrected chi connectivity index (χ0v) is 17.4. The maximum Gasteiger partial charge on any atom is 0.258 e. The van der Waals surface area contributed by atoms with Crippen molar-refractivity contribution in [3.8, 4) is 11.6 Å². The standard InChI is InChI=1S/C20H25ClN4O4/c1-14-11-16(3-4-17(14)21)29-13-19(26)22-5-8-28-20-12-18(23-15(2)24-20)25-6-9-27-10-7-25/h3-4,11-12H,5-10,13H2,1-2H3,(H,22,26). The lowest BCUT2D eigenvalue weighted by Crippen LogP contribution is -2.37. The number of carbonyl (C=O) groups excluding carboxylic acids is 1. The van der Waals surface area contributed by atoms with Crippen molar-refractivity contribution in [1.29, 1.82) is 0 Å². The predicted molar refractivity (Wildman–Crippen MR) is 110 cm³/mol. The average Bonchev–Trinajstić information content (AvgIpc) is 2.72. The second kappa shape index (κ2) is 10.3. The summed E-state index contributed by atoms with van der Waals surface area (Å²) in [5, 5.41) is 3.42. The van der Waals surface area contributed by atoms with Gasteiger partial charge in [0.15, 0.2) is 6.61 Å². The molecule has 1 saturated heterocycles. The van der Waals surface area contributed by atoms with Crippen molar-refractivity contribution in [2.24, 2.45) is 0 Å². The van der Waals surface area contributed by atoms with E-state index < -0.39 is 0 Å². The van der Waals surface area contributed by atoms with Gasteiger partial charge in [-0.3, -0.25) is 4.79 Å². The molecular weight excluding hydrogens is 396 g/mol. The van der Waals surface area contributed by atoms with Gasteiger partial charge in [-0.05, 0) is 37.6 Å². The molecule has 1 N–H and O–H groups in total. The number of ether oxygens (including phenoxy) is 3.